The van der Waals surface area contributed by atoms with Crippen LogP contribution in [-0.4, -0.2) is 57.7 Å². The Morgan fingerprint density at radius 1 is 1.09 bits per heavy atom. The van der Waals surface area contributed by atoms with Gasteiger partial charge in [-0.1, -0.05) is 17.7 Å². The first-order valence-corrected chi connectivity index (χ1v) is 8.76. The van der Waals surface area contributed by atoms with Crippen molar-refractivity contribution in [2.24, 2.45) is 0 Å². The van der Waals surface area contributed by atoms with Gasteiger partial charge in [-0.3, -0.25) is 4.55 Å². The Balaban J connectivity index is 2.46. The van der Waals surface area contributed by atoms with Crippen LogP contribution in [0, 0.1) is 6.92 Å². The average molecular weight is 348 g/mol. The molecule has 0 heterocycles. The van der Waals surface area contributed by atoms with Gasteiger partial charge in [-0.2, -0.15) is 8.42 Å². The lowest BCUT2D eigenvalue weighted by molar-refractivity contribution is -0.0111. The van der Waals surface area contributed by atoms with Crippen molar-refractivity contribution in [1.82, 2.24) is 0 Å². The van der Waals surface area contributed by atoms with Gasteiger partial charge in [0.25, 0.3) is 10.1 Å². The normalized spacial score (nSPS) is 13.2. The van der Waals surface area contributed by atoms with Crippen molar-refractivity contribution in [2.45, 2.75) is 24.8 Å². The summed E-state index contributed by atoms with van der Waals surface area (Å²) in [6.45, 7) is 5.20. The summed E-state index contributed by atoms with van der Waals surface area (Å²) < 4.78 is 48.0. The van der Waals surface area contributed by atoms with Crippen LogP contribution in [0.4, 0.5) is 0 Å². The molecule has 0 aromatic heterocycles. The highest BCUT2D eigenvalue weighted by molar-refractivity contribution is 7.85. The van der Waals surface area contributed by atoms with Crippen molar-refractivity contribution in [1.29, 1.82) is 0 Å². The van der Waals surface area contributed by atoms with Gasteiger partial charge < -0.3 is 19.3 Å². The molecule has 1 unspecified atom stereocenters. The number of aryl methyl sites for hydroxylation is 1. The minimum Gasteiger partial charge on any atom is -0.394 e. The van der Waals surface area contributed by atoms with Crippen LogP contribution >= 0.6 is 0 Å². The summed E-state index contributed by atoms with van der Waals surface area (Å²) in [5, 5.41) is 8.53. The topological polar surface area (TPSA) is 102 Å². The summed E-state index contributed by atoms with van der Waals surface area (Å²) >= 11 is 0. The second-order valence-corrected chi connectivity index (χ2v) is 6.37. The van der Waals surface area contributed by atoms with Gasteiger partial charge in [0.2, 0.25) is 0 Å². The summed E-state index contributed by atoms with van der Waals surface area (Å²) in [4.78, 5) is -0.145. The Morgan fingerprint density at radius 2 is 1.70 bits per heavy atom. The highest BCUT2D eigenvalue weighted by Gasteiger charge is 2.19. The van der Waals surface area contributed by atoms with Crippen molar-refractivity contribution in [3.8, 4) is 0 Å². The SMILES string of the molecule is Cc1ccc(S(=O)(=O)O)c(C(C)OCCOCCOCCO)c1. The van der Waals surface area contributed by atoms with Gasteiger partial charge in [0, 0.05) is 5.56 Å². The predicted octanol–water partition coefficient (Wildman–Crippen LogP) is 1.34. The number of hydrogen-bond donors (Lipinski definition) is 2. The molecule has 0 aliphatic rings. The van der Waals surface area contributed by atoms with E-state index >= 15 is 0 Å². The number of hydrogen-bond acceptors (Lipinski definition) is 6. The van der Waals surface area contributed by atoms with Crippen molar-refractivity contribution in [3.63, 3.8) is 0 Å². The van der Waals surface area contributed by atoms with Crippen LogP contribution in [0.3, 0.4) is 0 Å². The van der Waals surface area contributed by atoms with E-state index in [2.05, 4.69) is 0 Å². The van der Waals surface area contributed by atoms with Gasteiger partial charge in [0.1, 0.15) is 0 Å². The lowest BCUT2D eigenvalue weighted by Crippen LogP contribution is -2.13. The monoisotopic (exact) mass is 348 g/mol. The predicted molar refractivity (Wildman–Crippen MR) is 84.1 cm³/mol. The van der Waals surface area contributed by atoms with E-state index in [1.165, 1.54) is 6.07 Å². The van der Waals surface area contributed by atoms with Gasteiger partial charge in [-0.05, 0) is 19.9 Å². The number of benzene rings is 1. The van der Waals surface area contributed by atoms with Crippen molar-refractivity contribution >= 4 is 10.1 Å². The molecule has 0 saturated heterocycles. The maximum atomic E-state index is 11.4. The number of aliphatic hydroxyl groups excluding tert-OH is 1. The minimum atomic E-state index is -4.29. The van der Waals surface area contributed by atoms with E-state index in [1.54, 1.807) is 19.1 Å². The van der Waals surface area contributed by atoms with Crippen molar-refractivity contribution in [2.75, 3.05) is 39.6 Å². The second-order valence-electron chi connectivity index (χ2n) is 4.98. The van der Waals surface area contributed by atoms with Gasteiger partial charge in [0.05, 0.1) is 50.6 Å². The van der Waals surface area contributed by atoms with Gasteiger partial charge in [-0.15, -0.1) is 0 Å². The third-order valence-corrected chi connectivity index (χ3v) is 4.01. The lowest BCUT2D eigenvalue weighted by atomic mass is 10.1. The quantitative estimate of drug-likeness (QED) is 0.459. The Bertz CT molecular complexity index is 571. The third kappa shape index (κ3) is 7.38. The Labute approximate surface area is 136 Å². The van der Waals surface area contributed by atoms with Crippen LogP contribution in [0.2, 0.25) is 0 Å². The Kier molecular flexibility index (Phi) is 8.67. The first-order chi connectivity index (χ1) is 10.9. The molecule has 1 aromatic carbocycles. The van der Waals surface area contributed by atoms with E-state index in [-0.39, 0.29) is 24.7 Å². The molecule has 132 valence electrons. The molecule has 23 heavy (non-hydrogen) atoms. The summed E-state index contributed by atoms with van der Waals surface area (Å²) in [6.07, 6.45) is -0.499. The van der Waals surface area contributed by atoms with Gasteiger partial charge in [-0.25, -0.2) is 0 Å². The molecule has 2 N–H and O–H groups in total. The smallest absolute Gasteiger partial charge is 0.294 e. The van der Waals surface area contributed by atoms with E-state index < -0.39 is 16.2 Å². The minimum absolute atomic E-state index is 0.0206. The lowest BCUT2D eigenvalue weighted by Gasteiger charge is -2.17. The van der Waals surface area contributed by atoms with E-state index in [4.69, 9.17) is 19.3 Å². The van der Waals surface area contributed by atoms with Crippen LogP contribution in [0.1, 0.15) is 24.2 Å². The standard InChI is InChI=1S/C15H24O7S/c1-12-3-4-15(23(17,18)19)14(11-12)13(2)22-10-9-21-8-7-20-6-5-16/h3-4,11,13,16H,5-10H2,1-2H3,(H,17,18,19). The van der Waals surface area contributed by atoms with E-state index in [1.807, 2.05) is 6.92 Å². The highest BCUT2D eigenvalue weighted by atomic mass is 32.2. The molecule has 0 aliphatic heterocycles. The first-order valence-electron chi connectivity index (χ1n) is 7.32. The zero-order valence-corrected chi connectivity index (χ0v) is 14.2. The van der Waals surface area contributed by atoms with Crippen LogP contribution in [0.25, 0.3) is 0 Å². The first kappa shape index (κ1) is 20.0. The average Bonchev–Trinajstić information content (AvgIpc) is 2.48. The molecule has 0 amide bonds. The fourth-order valence-electron chi connectivity index (χ4n) is 1.98. The maximum absolute atomic E-state index is 11.4. The molecule has 1 aromatic rings. The summed E-state index contributed by atoms with van der Waals surface area (Å²) in [5.41, 5.74) is 1.29. The zero-order valence-electron chi connectivity index (χ0n) is 13.4. The van der Waals surface area contributed by atoms with Crippen LogP contribution in [0.5, 0.6) is 0 Å². The third-order valence-electron chi connectivity index (χ3n) is 3.08. The molecule has 0 fully saturated rings. The highest BCUT2D eigenvalue weighted by Crippen LogP contribution is 2.26. The van der Waals surface area contributed by atoms with Crippen LogP contribution < -0.4 is 0 Å². The number of ether oxygens (including phenoxy) is 3. The van der Waals surface area contributed by atoms with Gasteiger partial charge >= 0.3 is 0 Å². The molecule has 8 heteroatoms. The molecule has 1 atom stereocenters. The molecule has 0 spiro atoms. The van der Waals surface area contributed by atoms with E-state index in [0.29, 0.717) is 25.4 Å². The van der Waals surface area contributed by atoms with Crippen molar-refractivity contribution in [3.05, 3.63) is 29.3 Å². The fourth-order valence-corrected chi connectivity index (χ4v) is 2.74. The van der Waals surface area contributed by atoms with Crippen molar-refractivity contribution < 1.29 is 32.3 Å². The molecule has 0 radical (unpaired) electrons. The summed E-state index contributed by atoms with van der Waals surface area (Å²) in [5.74, 6) is 0. The largest absolute Gasteiger partial charge is 0.394 e. The zero-order chi connectivity index (χ0) is 17.3. The molecule has 0 bridgehead atoms. The molecular formula is C15H24O7S. The Hall–Kier alpha value is -1.03. The number of rotatable bonds is 11. The Morgan fingerprint density at radius 3 is 2.30 bits per heavy atom. The molecule has 0 saturated carbocycles. The molecular weight excluding hydrogens is 324 g/mol. The summed E-state index contributed by atoms with van der Waals surface area (Å²) in [7, 11) is -4.29. The molecule has 1 rings (SSSR count). The molecule has 7 nitrogen and oxygen atoms in total. The maximum Gasteiger partial charge on any atom is 0.294 e. The molecule has 0 aliphatic carbocycles. The fraction of sp³-hybridized carbons (Fsp3) is 0.600. The van der Waals surface area contributed by atoms with Crippen LogP contribution in [-0.2, 0) is 24.3 Å². The van der Waals surface area contributed by atoms with E-state index in [9.17, 15) is 13.0 Å². The van der Waals surface area contributed by atoms with Gasteiger partial charge in [0.15, 0.2) is 0 Å². The number of aliphatic hydroxyl groups is 1. The van der Waals surface area contributed by atoms with E-state index in [0.717, 1.165) is 5.56 Å². The summed E-state index contributed by atoms with van der Waals surface area (Å²) in [6, 6.07) is 4.67. The van der Waals surface area contributed by atoms with Crippen LogP contribution in [0.15, 0.2) is 23.1 Å². The second kappa shape index (κ2) is 9.96.